The van der Waals surface area contributed by atoms with Crippen molar-refractivity contribution in [3.8, 4) is 5.69 Å². The Labute approximate surface area is 192 Å². The summed E-state index contributed by atoms with van der Waals surface area (Å²) in [5, 5.41) is 5.88. The largest absolute Gasteiger partial charge is 0.459 e. The SMILES string of the molecule is CC(C)[C@H](NS(=O)(=O)c1ccc2c(c1)oc1ccc(-n3cccn3)cc12)C(=O)OC(C)(C)C. The van der Waals surface area contributed by atoms with Crippen LogP contribution in [0.15, 0.2) is 64.2 Å². The Kier molecular flexibility index (Phi) is 5.79. The first-order valence-electron chi connectivity index (χ1n) is 10.7. The number of hydrogen-bond donors (Lipinski definition) is 1. The predicted molar refractivity (Wildman–Crippen MR) is 126 cm³/mol. The number of furan rings is 1. The van der Waals surface area contributed by atoms with Gasteiger partial charge in [-0.1, -0.05) is 13.8 Å². The van der Waals surface area contributed by atoms with Crippen molar-refractivity contribution in [2.75, 3.05) is 0 Å². The van der Waals surface area contributed by atoms with Crippen LogP contribution >= 0.6 is 0 Å². The number of ether oxygens (including phenoxy) is 1. The molecule has 4 rings (SSSR count). The minimum absolute atomic E-state index is 0.00978. The maximum Gasteiger partial charge on any atom is 0.324 e. The maximum absolute atomic E-state index is 13.1. The van der Waals surface area contributed by atoms with Crippen LogP contribution in [0.3, 0.4) is 0 Å². The molecule has 2 aromatic carbocycles. The van der Waals surface area contributed by atoms with Gasteiger partial charge < -0.3 is 9.15 Å². The van der Waals surface area contributed by atoms with Crippen molar-refractivity contribution in [2.45, 2.75) is 51.2 Å². The van der Waals surface area contributed by atoms with E-state index in [2.05, 4.69) is 9.82 Å². The Morgan fingerprint density at radius 2 is 1.85 bits per heavy atom. The molecule has 1 N–H and O–H groups in total. The third-order valence-electron chi connectivity index (χ3n) is 5.12. The van der Waals surface area contributed by atoms with Gasteiger partial charge in [-0.25, -0.2) is 13.1 Å². The molecule has 2 heterocycles. The lowest BCUT2D eigenvalue weighted by molar-refractivity contribution is -0.158. The van der Waals surface area contributed by atoms with Gasteiger partial charge in [0.05, 0.1) is 10.6 Å². The molecule has 0 aliphatic rings. The Morgan fingerprint density at radius 3 is 2.48 bits per heavy atom. The zero-order chi connectivity index (χ0) is 24.0. The Hall–Kier alpha value is -3.17. The molecule has 0 spiro atoms. The molecule has 0 saturated heterocycles. The first-order valence-corrected chi connectivity index (χ1v) is 12.1. The Balaban J connectivity index is 1.68. The standard InChI is InChI=1S/C24H27N3O5S/c1-15(2)22(23(28)32-24(3,4)5)26-33(29,30)17-8-9-18-19-13-16(27-12-6-11-25-27)7-10-20(19)31-21(18)14-17/h6-15,22,26H,1-5H3/t22-/m0/s1. The highest BCUT2D eigenvalue weighted by molar-refractivity contribution is 7.89. The number of benzene rings is 2. The van der Waals surface area contributed by atoms with Crippen LogP contribution in [-0.2, 0) is 19.6 Å². The smallest absolute Gasteiger partial charge is 0.324 e. The number of rotatable bonds is 6. The molecule has 1 atom stereocenters. The average Bonchev–Trinajstić information content (AvgIpc) is 3.37. The molecule has 0 fully saturated rings. The van der Waals surface area contributed by atoms with Gasteiger partial charge in [-0.3, -0.25) is 4.79 Å². The second-order valence-electron chi connectivity index (χ2n) is 9.27. The van der Waals surface area contributed by atoms with Gasteiger partial charge in [0.15, 0.2) is 0 Å². The minimum atomic E-state index is -4.00. The van der Waals surface area contributed by atoms with Crippen LogP contribution in [-0.4, -0.2) is 35.8 Å². The van der Waals surface area contributed by atoms with Crippen LogP contribution in [0.5, 0.6) is 0 Å². The quantitative estimate of drug-likeness (QED) is 0.420. The molecule has 0 aliphatic heterocycles. The fourth-order valence-electron chi connectivity index (χ4n) is 3.53. The van der Waals surface area contributed by atoms with Crippen LogP contribution < -0.4 is 4.72 Å². The summed E-state index contributed by atoms with van der Waals surface area (Å²) in [4.78, 5) is 12.6. The monoisotopic (exact) mass is 469 g/mol. The highest BCUT2D eigenvalue weighted by Crippen LogP contribution is 2.32. The normalized spacial score (nSPS) is 13.6. The van der Waals surface area contributed by atoms with E-state index in [1.807, 2.05) is 30.5 Å². The lowest BCUT2D eigenvalue weighted by atomic mass is 10.1. The molecule has 0 saturated carbocycles. The second-order valence-corrected chi connectivity index (χ2v) is 11.0. The third-order valence-corrected chi connectivity index (χ3v) is 6.55. The first-order chi connectivity index (χ1) is 15.4. The van der Waals surface area contributed by atoms with Crippen LogP contribution in [0, 0.1) is 5.92 Å². The van der Waals surface area contributed by atoms with Crippen molar-refractivity contribution in [3.63, 3.8) is 0 Å². The van der Waals surface area contributed by atoms with E-state index >= 15 is 0 Å². The van der Waals surface area contributed by atoms with Gasteiger partial charge in [-0.15, -0.1) is 0 Å². The van der Waals surface area contributed by atoms with Crippen molar-refractivity contribution < 1.29 is 22.4 Å². The van der Waals surface area contributed by atoms with Crippen molar-refractivity contribution in [1.82, 2.24) is 14.5 Å². The molecule has 4 aromatic rings. The average molecular weight is 470 g/mol. The zero-order valence-corrected chi connectivity index (χ0v) is 20.0. The van der Waals surface area contributed by atoms with Crippen molar-refractivity contribution in [2.24, 2.45) is 5.92 Å². The summed E-state index contributed by atoms with van der Waals surface area (Å²) in [6.07, 6.45) is 3.54. The molecular formula is C24H27N3O5S. The van der Waals surface area contributed by atoms with Gasteiger partial charge in [-0.05, 0) is 63.1 Å². The molecule has 0 aliphatic carbocycles. The summed E-state index contributed by atoms with van der Waals surface area (Å²) in [6.45, 7) is 8.74. The third kappa shape index (κ3) is 4.79. The first kappa shape index (κ1) is 23.0. The van der Waals surface area contributed by atoms with E-state index in [0.29, 0.717) is 11.2 Å². The molecule has 8 nitrogen and oxygen atoms in total. The number of carbonyl (C=O) groups excluding carboxylic acids is 1. The van der Waals surface area contributed by atoms with Gasteiger partial charge in [-0.2, -0.15) is 9.82 Å². The number of nitrogens with zero attached hydrogens (tertiary/aromatic N) is 2. The molecular weight excluding hydrogens is 442 g/mol. The van der Waals surface area contributed by atoms with E-state index in [4.69, 9.17) is 9.15 Å². The van der Waals surface area contributed by atoms with Gasteiger partial charge in [0, 0.05) is 29.2 Å². The van der Waals surface area contributed by atoms with Crippen molar-refractivity contribution in [3.05, 3.63) is 54.9 Å². The highest BCUT2D eigenvalue weighted by atomic mass is 32.2. The van der Waals surface area contributed by atoms with Gasteiger partial charge >= 0.3 is 5.97 Å². The van der Waals surface area contributed by atoms with Crippen LogP contribution in [0.4, 0.5) is 0 Å². The molecule has 0 bridgehead atoms. The topological polar surface area (TPSA) is 103 Å². The number of aromatic nitrogens is 2. The van der Waals surface area contributed by atoms with Gasteiger partial charge in [0.2, 0.25) is 10.0 Å². The molecule has 0 amide bonds. The molecule has 0 unspecified atom stereocenters. The number of fused-ring (bicyclic) bond motifs is 3. The molecule has 174 valence electrons. The number of esters is 1. The lowest BCUT2D eigenvalue weighted by Gasteiger charge is -2.26. The summed E-state index contributed by atoms with van der Waals surface area (Å²) in [6, 6.07) is 11.2. The summed E-state index contributed by atoms with van der Waals surface area (Å²) in [5.41, 5.74) is 1.21. The van der Waals surface area contributed by atoms with E-state index in [1.165, 1.54) is 12.1 Å². The van der Waals surface area contributed by atoms with Crippen molar-refractivity contribution in [1.29, 1.82) is 0 Å². The Bertz CT molecular complexity index is 1410. The Morgan fingerprint density at radius 1 is 1.09 bits per heavy atom. The number of carbonyl (C=O) groups is 1. The fraction of sp³-hybridized carbons (Fsp3) is 0.333. The van der Waals surface area contributed by atoms with Crippen LogP contribution in [0.2, 0.25) is 0 Å². The number of nitrogens with one attached hydrogen (secondary N) is 1. The van der Waals surface area contributed by atoms with E-state index < -0.39 is 27.6 Å². The molecule has 9 heteroatoms. The maximum atomic E-state index is 13.1. The molecule has 33 heavy (non-hydrogen) atoms. The van der Waals surface area contributed by atoms with Crippen molar-refractivity contribution >= 4 is 37.9 Å². The lowest BCUT2D eigenvalue weighted by Crippen LogP contribution is -2.47. The number of sulfonamides is 1. The summed E-state index contributed by atoms with van der Waals surface area (Å²) in [7, 11) is -4.00. The molecule has 0 radical (unpaired) electrons. The van der Waals surface area contributed by atoms with Gasteiger partial charge in [0.1, 0.15) is 22.8 Å². The van der Waals surface area contributed by atoms with E-state index in [0.717, 1.165) is 16.5 Å². The summed E-state index contributed by atoms with van der Waals surface area (Å²) < 4.78 is 41.8. The summed E-state index contributed by atoms with van der Waals surface area (Å²) >= 11 is 0. The van der Waals surface area contributed by atoms with E-state index in [-0.39, 0.29) is 10.8 Å². The zero-order valence-electron chi connectivity index (χ0n) is 19.2. The van der Waals surface area contributed by atoms with Gasteiger partial charge in [0.25, 0.3) is 0 Å². The minimum Gasteiger partial charge on any atom is -0.459 e. The van der Waals surface area contributed by atoms with E-state index in [1.54, 1.807) is 51.6 Å². The van der Waals surface area contributed by atoms with Crippen LogP contribution in [0.25, 0.3) is 27.6 Å². The second kappa shape index (κ2) is 8.31. The fourth-order valence-corrected chi connectivity index (χ4v) is 4.88. The van der Waals surface area contributed by atoms with Crippen LogP contribution in [0.1, 0.15) is 34.6 Å². The van der Waals surface area contributed by atoms with E-state index in [9.17, 15) is 13.2 Å². The number of hydrogen-bond acceptors (Lipinski definition) is 6. The summed E-state index contributed by atoms with van der Waals surface area (Å²) in [5.74, 6) is -0.915. The highest BCUT2D eigenvalue weighted by Gasteiger charge is 2.32. The predicted octanol–water partition coefficient (Wildman–Crippen LogP) is 4.42. The molecule has 2 aromatic heterocycles.